The third-order valence-corrected chi connectivity index (χ3v) is 5.67. The summed E-state index contributed by atoms with van der Waals surface area (Å²) in [4.78, 5) is 13.5. The Labute approximate surface area is 158 Å². The number of carbonyl (C=O) groups excluding carboxylic acids is 1. The lowest BCUT2D eigenvalue weighted by atomic mass is 10.0. The molecule has 0 unspecified atom stereocenters. The maximum absolute atomic E-state index is 12.6. The first kappa shape index (κ1) is 19.0. The van der Waals surface area contributed by atoms with Crippen LogP contribution < -0.4 is 5.32 Å². The summed E-state index contributed by atoms with van der Waals surface area (Å²) in [5.41, 5.74) is 0.353. The minimum absolute atomic E-state index is 0.154. The molecule has 0 spiro atoms. The molecule has 1 aliphatic heterocycles. The monoisotopic (exact) mass is 375 g/mol. The van der Waals surface area contributed by atoms with Gasteiger partial charge in [0.2, 0.25) is 0 Å². The molecule has 1 aromatic carbocycles. The van der Waals surface area contributed by atoms with Gasteiger partial charge < -0.3 is 19.9 Å². The largest absolute Gasteiger partial charge is 0.383 e. The molecule has 140 valence electrons. The normalized spacial score (nSPS) is 17.6. The second-order valence-electron chi connectivity index (χ2n) is 6.71. The molecule has 3 rings (SSSR count). The number of thiophene rings is 1. The third-order valence-electron chi connectivity index (χ3n) is 4.55. The van der Waals surface area contributed by atoms with Crippen LogP contribution in [0.4, 0.5) is 0 Å². The van der Waals surface area contributed by atoms with Crippen molar-refractivity contribution >= 4 is 17.2 Å². The van der Waals surface area contributed by atoms with Crippen molar-refractivity contribution in [2.24, 2.45) is 0 Å². The number of hydrogen-bond donors (Lipinski definition) is 2. The summed E-state index contributed by atoms with van der Waals surface area (Å²) >= 11 is 1.47. The van der Waals surface area contributed by atoms with Crippen LogP contribution in [0.15, 0.2) is 41.8 Å². The number of hydrogen-bond acceptors (Lipinski definition) is 5. The van der Waals surface area contributed by atoms with E-state index in [0.717, 1.165) is 36.5 Å². The zero-order valence-electron chi connectivity index (χ0n) is 14.9. The van der Waals surface area contributed by atoms with Gasteiger partial charge in [-0.05, 0) is 42.8 Å². The molecule has 0 aliphatic carbocycles. The first-order valence-electron chi connectivity index (χ1n) is 8.88. The zero-order chi connectivity index (χ0) is 18.4. The summed E-state index contributed by atoms with van der Waals surface area (Å²) in [6.45, 7) is 3.71. The molecule has 0 radical (unpaired) electrons. The fourth-order valence-electron chi connectivity index (χ4n) is 2.94. The Morgan fingerprint density at radius 2 is 2.08 bits per heavy atom. The van der Waals surface area contributed by atoms with E-state index in [9.17, 15) is 9.90 Å². The van der Waals surface area contributed by atoms with Crippen LogP contribution in [0.1, 0.15) is 40.6 Å². The fraction of sp³-hybridized carbons (Fsp3) is 0.450. The molecule has 0 bridgehead atoms. The maximum Gasteiger partial charge on any atom is 0.251 e. The number of carbonyl (C=O) groups is 1. The van der Waals surface area contributed by atoms with Crippen LogP contribution in [0.5, 0.6) is 0 Å². The molecule has 2 N–H and O–H groups in total. The van der Waals surface area contributed by atoms with Crippen molar-refractivity contribution in [3.63, 3.8) is 0 Å². The van der Waals surface area contributed by atoms with Gasteiger partial charge in [0.1, 0.15) is 5.60 Å². The molecule has 1 atom stereocenters. The second kappa shape index (κ2) is 8.77. The van der Waals surface area contributed by atoms with Gasteiger partial charge in [-0.2, -0.15) is 0 Å². The summed E-state index contributed by atoms with van der Waals surface area (Å²) in [5, 5.41) is 15.3. The lowest BCUT2D eigenvalue weighted by Gasteiger charge is -2.24. The summed E-state index contributed by atoms with van der Waals surface area (Å²) in [7, 11) is 0. The van der Waals surface area contributed by atoms with Crippen molar-refractivity contribution in [3.05, 3.63) is 57.8 Å². The number of amides is 1. The Bertz CT molecular complexity index is 708. The van der Waals surface area contributed by atoms with Gasteiger partial charge in [0.15, 0.2) is 0 Å². The Morgan fingerprint density at radius 1 is 1.31 bits per heavy atom. The van der Waals surface area contributed by atoms with Gasteiger partial charge >= 0.3 is 0 Å². The van der Waals surface area contributed by atoms with Gasteiger partial charge in [0.25, 0.3) is 5.91 Å². The first-order chi connectivity index (χ1) is 12.6. The van der Waals surface area contributed by atoms with Gasteiger partial charge in [-0.15, -0.1) is 11.3 Å². The highest BCUT2D eigenvalue weighted by Gasteiger charge is 2.25. The molecule has 1 saturated heterocycles. The lowest BCUT2D eigenvalue weighted by Crippen LogP contribution is -2.38. The van der Waals surface area contributed by atoms with Gasteiger partial charge in [-0.3, -0.25) is 4.79 Å². The molecule has 2 heterocycles. The number of benzene rings is 1. The van der Waals surface area contributed by atoms with E-state index in [1.54, 1.807) is 13.0 Å². The predicted octanol–water partition coefficient (Wildman–Crippen LogP) is 3.08. The van der Waals surface area contributed by atoms with E-state index in [4.69, 9.17) is 9.47 Å². The minimum atomic E-state index is -1.09. The molecule has 5 nitrogen and oxygen atoms in total. The van der Waals surface area contributed by atoms with Gasteiger partial charge in [0.05, 0.1) is 19.3 Å². The quantitative estimate of drug-likeness (QED) is 0.780. The first-order valence-corrected chi connectivity index (χ1v) is 9.76. The standard InChI is InChI=1S/C20H25NO4S/c1-20(23,18-7-4-12-26-18)14-21-19(22)17-6-3-2-5-15(17)13-25-16-8-10-24-11-9-16/h2-7,12,16,23H,8-11,13-14H2,1H3,(H,21,22)/t20-/m1/s1. The smallest absolute Gasteiger partial charge is 0.251 e. The Morgan fingerprint density at radius 3 is 2.81 bits per heavy atom. The van der Waals surface area contributed by atoms with Gasteiger partial charge in [-0.25, -0.2) is 0 Å². The average Bonchev–Trinajstić information content (AvgIpc) is 3.21. The zero-order valence-corrected chi connectivity index (χ0v) is 15.8. The second-order valence-corrected chi connectivity index (χ2v) is 7.66. The highest BCUT2D eigenvalue weighted by molar-refractivity contribution is 7.10. The molecule has 1 aliphatic rings. The Balaban J connectivity index is 1.60. The van der Waals surface area contributed by atoms with Crippen LogP contribution >= 0.6 is 11.3 Å². The van der Waals surface area contributed by atoms with E-state index in [2.05, 4.69) is 5.32 Å². The van der Waals surface area contributed by atoms with Gasteiger partial charge in [-0.1, -0.05) is 24.3 Å². The molecule has 1 aromatic heterocycles. The molecule has 0 saturated carbocycles. The van der Waals surface area contributed by atoms with Crippen molar-refractivity contribution in [3.8, 4) is 0 Å². The van der Waals surface area contributed by atoms with Crippen LogP contribution in [0.3, 0.4) is 0 Å². The fourth-order valence-corrected chi connectivity index (χ4v) is 3.72. The van der Waals surface area contributed by atoms with Crippen molar-refractivity contribution in [1.82, 2.24) is 5.32 Å². The van der Waals surface area contributed by atoms with E-state index >= 15 is 0 Å². The van der Waals surface area contributed by atoms with E-state index in [0.29, 0.717) is 12.2 Å². The molecular formula is C20H25NO4S. The van der Waals surface area contributed by atoms with Crippen molar-refractivity contribution in [2.75, 3.05) is 19.8 Å². The Kier molecular flexibility index (Phi) is 6.43. The average molecular weight is 375 g/mol. The number of aliphatic hydroxyl groups is 1. The van der Waals surface area contributed by atoms with Crippen molar-refractivity contribution in [1.29, 1.82) is 0 Å². The number of rotatable bonds is 7. The van der Waals surface area contributed by atoms with E-state index in [1.807, 2.05) is 35.7 Å². The minimum Gasteiger partial charge on any atom is -0.383 e. The summed E-state index contributed by atoms with van der Waals surface area (Å²) in [6, 6.07) is 11.2. The molecular weight excluding hydrogens is 350 g/mol. The Hall–Kier alpha value is -1.73. The van der Waals surface area contributed by atoms with Crippen LogP contribution in [-0.4, -0.2) is 36.9 Å². The predicted molar refractivity (Wildman–Crippen MR) is 101 cm³/mol. The molecule has 2 aromatic rings. The van der Waals surface area contributed by atoms with Crippen molar-refractivity contribution in [2.45, 2.75) is 38.1 Å². The van der Waals surface area contributed by atoms with Crippen LogP contribution in [0.25, 0.3) is 0 Å². The number of ether oxygens (including phenoxy) is 2. The molecule has 26 heavy (non-hydrogen) atoms. The summed E-state index contributed by atoms with van der Waals surface area (Å²) < 4.78 is 11.3. The van der Waals surface area contributed by atoms with Crippen LogP contribution in [0.2, 0.25) is 0 Å². The highest BCUT2D eigenvalue weighted by atomic mass is 32.1. The molecule has 6 heteroatoms. The van der Waals surface area contributed by atoms with Crippen molar-refractivity contribution < 1.29 is 19.4 Å². The van der Waals surface area contributed by atoms with Gasteiger partial charge in [0, 0.05) is 23.7 Å². The maximum atomic E-state index is 12.6. The summed E-state index contributed by atoms with van der Waals surface area (Å²) in [5.74, 6) is -0.201. The third kappa shape index (κ3) is 4.92. The van der Waals surface area contributed by atoms with E-state index in [1.165, 1.54) is 11.3 Å². The SMILES string of the molecule is C[C@@](O)(CNC(=O)c1ccccc1COC1CCOCC1)c1cccs1. The number of nitrogens with one attached hydrogen (secondary N) is 1. The van der Waals surface area contributed by atoms with Crippen LogP contribution in [-0.2, 0) is 21.7 Å². The van der Waals surface area contributed by atoms with Crippen LogP contribution in [0, 0.1) is 0 Å². The highest BCUT2D eigenvalue weighted by Crippen LogP contribution is 2.24. The summed E-state index contributed by atoms with van der Waals surface area (Å²) in [6.07, 6.45) is 1.95. The van der Waals surface area contributed by atoms with E-state index in [-0.39, 0.29) is 18.6 Å². The molecule has 1 amide bonds. The topological polar surface area (TPSA) is 67.8 Å². The van der Waals surface area contributed by atoms with E-state index < -0.39 is 5.60 Å². The molecule has 1 fully saturated rings. The lowest BCUT2D eigenvalue weighted by molar-refractivity contribution is -0.0392.